The van der Waals surface area contributed by atoms with E-state index in [0.717, 1.165) is 6.42 Å². The van der Waals surface area contributed by atoms with E-state index in [4.69, 9.17) is 0 Å². The predicted octanol–water partition coefficient (Wildman–Crippen LogP) is 1.97. The van der Waals surface area contributed by atoms with Crippen molar-refractivity contribution in [3.05, 3.63) is 41.9 Å². The summed E-state index contributed by atoms with van der Waals surface area (Å²) in [6, 6.07) is 6.13. The van der Waals surface area contributed by atoms with Crippen molar-refractivity contribution in [1.82, 2.24) is 15.0 Å². The molecule has 2 atom stereocenters. The Balaban J connectivity index is 1.65. The molecule has 3 N–H and O–H groups in total. The van der Waals surface area contributed by atoms with Crippen LogP contribution in [0.2, 0.25) is 0 Å². The van der Waals surface area contributed by atoms with Crippen LogP contribution in [0.1, 0.15) is 31.4 Å². The normalized spacial score (nSPS) is 21.0. The summed E-state index contributed by atoms with van der Waals surface area (Å²) in [5.41, 5.74) is 1.34. The lowest BCUT2D eigenvalue weighted by Gasteiger charge is -2.49. The summed E-state index contributed by atoms with van der Waals surface area (Å²) in [5.74, 6) is 0.988. The first-order chi connectivity index (χ1) is 12.0. The van der Waals surface area contributed by atoms with Gasteiger partial charge in [0.25, 0.3) is 0 Å². The number of nitrogens with one attached hydrogen (secondary N) is 2. The largest absolute Gasteiger partial charge is 0.392 e. The van der Waals surface area contributed by atoms with Crippen LogP contribution in [-0.2, 0) is 6.42 Å². The molecule has 0 bridgehead atoms. The minimum absolute atomic E-state index is 0.0779. The van der Waals surface area contributed by atoms with Gasteiger partial charge >= 0.3 is 0 Å². The molecule has 2 heterocycles. The fourth-order valence-corrected chi connectivity index (χ4v) is 2.84. The van der Waals surface area contributed by atoms with E-state index >= 15 is 0 Å². The quantitative estimate of drug-likeness (QED) is 0.739. The van der Waals surface area contributed by atoms with Gasteiger partial charge in [-0.25, -0.2) is 4.98 Å². The molecule has 25 heavy (non-hydrogen) atoms. The second kappa shape index (κ2) is 7.03. The zero-order valence-electron chi connectivity index (χ0n) is 14.4. The summed E-state index contributed by atoms with van der Waals surface area (Å²) in [6.45, 7) is 4.68. The summed E-state index contributed by atoms with van der Waals surface area (Å²) >= 11 is 0. The first-order valence-corrected chi connectivity index (χ1v) is 8.35. The first-order valence-electron chi connectivity index (χ1n) is 8.35. The molecule has 0 aromatic carbocycles. The molecule has 2 aromatic rings. The standard InChI is InChI=1S/C18H22N6O/c1-18(2)14(9-15(18)25)23-16-13(10-19)11-22-17(24-16)21-8-5-12-3-6-20-7-4-12/h3-4,6-7,11,14-15,25H,5,8-9H2,1-2H3,(H2,21,22,23,24)/t14-,15+/m1/s1. The molecule has 1 aliphatic carbocycles. The molecule has 0 saturated heterocycles. The molecule has 7 heteroatoms. The maximum Gasteiger partial charge on any atom is 0.224 e. The van der Waals surface area contributed by atoms with E-state index < -0.39 is 0 Å². The van der Waals surface area contributed by atoms with Crippen LogP contribution in [0.4, 0.5) is 11.8 Å². The highest BCUT2D eigenvalue weighted by Gasteiger charge is 2.47. The fraction of sp³-hybridized carbons (Fsp3) is 0.444. The number of aliphatic hydroxyl groups is 1. The maximum atomic E-state index is 9.88. The molecule has 7 nitrogen and oxygen atoms in total. The van der Waals surface area contributed by atoms with Crippen molar-refractivity contribution < 1.29 is 5.11 Å². The lowest BCUT2D eigenvalue weighted by atomic mass is 9.64. The number of aromatic nitrogens is 3. The molecule has 1 fully saturated rings. The average Bonchev–Trinajstić information content (AvgIpc) is 2.62. The van der Waals surface area contributed by atoms with Crippen LogP contribution in [0.3, 0.4) is 0 Å². The molecule has 0 amide bonds. The van der Waals surface area contributed by atoms with Crippen molar-refractivity contribution in [2.75, 3.05) is 17.2 Å². The molecule has 0 radical (unpaired) electrons. The third kappa shape index (κ3) is 3.69. The Morgan fingerprint density at radius 1 is 1.36 bits per heavy atom. The van der Waals surface area contributed by atoms with Crippen LogP contribution in [-0.4, -0.2) is 38.7 Å². The molecule has 1 saturated carbocycles. The van der Waals surface area contributed by atoms with Gasteiger partial charge in [0.05, 0.1) is 12.3 Å². The van der Waals surface area contributed by atoms with Gasteiger partial charge in [0, 0.05) is 30.4 Å². The SMILES string of the molecule is CC1(C)[C@@H](O)C[C@H]1Nc1nc(NCCc2ccncc2)ncc1C#N. The van der Waals surface area contributed by atoms with Gasteiger partial charge in [-0.1, -0.05) is 13.8 Å². The van der Waals surface area contributed by atoms with Crippen molar-refractivity contribution in [2.45, 2.75) is 38.8 Å². The highest BCUT2D eigenvalue weighted by atomic mass is 16.3. The van der Waals surface area contributed by atoms with Crippen LogP contribution in [0.15, 0.2) is 30.7 Å². The lowest BCUT2D eigenvalue weighted by molar-refractivity contribution is -0.0511. The van der Waals surface area contributed by atoms with Gasteiger partial charge in [-0.2, -0.15) is 10.2 Å². The Bertz CT molecular complexity index is 771. The fourth-order valence-electron chi connectivity index (χ4n) is 2.84. The highest BCUT2D eigenvalue weighted by molar-refractivity contribution is 5.54. The van der Waals surface area contributed by atoms with Crippen LogP contribution >= 0.6 is 0 Å². The second-order valence-corrected chi connectivity index (χ2v) is 6.87. The van der Waals surface area contributed by atoms with Crippen LogP contribution in [0.5, 0.6) is 0 Å². The summed E-state index contributed by atoms with van der Waals surface area (Å²) in [7, 11) is 0. The van der Waals surface area contributed by atoms with Crippen molar-refractivity contribution >= 4 is 11.8 Å². The number of anilines is 2. The summed E-state index contributed by atoms with van der Waals surface area (Å²) in [5, 5.41) is 25.6. The zero-order chi connectivity index (χ0) is 17.9. The van der Waals surface area contributed by atoms with E-state index in [9.17, 15) is 10.4 Å². The number of hydrogen-bond acceptors (Lipinski definition) is 7. The van der Waals surface area contributed by atoms with Crippen molar-refractivity contribution in [3.63, 3.8) is 0 Å². The van der Waals surface area contributed by atoms with E-state index in [1.165, 1.54) is 11.8 Å². The number of aliphatic hydroxyl groups excluding tert-OH is 1. The minimum atomic E-state index is -0.338. The lowest BCUT2D eigenvalue weighted by Crippen LogP contribution is -2.57. The molecule has 130 valence electrons. The van der Waals surface area contributed by atoms with E-state index in [1.54, 1.807) is 12.4 Å². The van der Waals surface area contributed by atoms with Gasteiger partial charge in [-0.15, -0.1) is 0 Å². The van der Waals surface area contributed by atoms with Crippen molar-refractivity contribution in [1.29, 1.82) is 5.26 Å². The van der Waals surface area contributed by atoms with E-state index in [1.807, 2.05) is 26.0 Å². The molecule has 0 spiro atoms. The Labute approximate surface area is 147 Å². The van der Waals surface area contributed by atoms with Gasteiger partial charge in [-0.3, -0.25) is 4.98 Å². The van der Waals surface area contributed by atoms with Gasteiger partial charge < -0.3 is 15.7 Å². The van der Waals surface area contributed by atoms with Crippen LogP contribution < -0.4 is 10.6 Å². The number of rotatable bonds is 6. The second-order valence-electron chi connectivity index (χ2n) is 6.87. The number of nitriles is 1. The summed E-state index contributed by atoms with van der Waals surface area (Å²) in [6.07, 6.45) is 6.19. The molecule has 3 rings (SSSR count). The molecule has 0 aliphatic heterocycles. The van der Waals surface area contributed by atoms with E-state index in [2.05, 4.69) is 31.7 Å². The smallest absolute Gasteiger partial charge is 0.224 e. The maximum absolute atomic E-state index is 9.88. The monoisotopic (exact) mass is 338 g/mol. The zero-order valence-corrected chi connectivity index (χ0v) is 14.4. The Kier molecular flexibility index (Phi) is 4.81. The molecular weight excluding hydrogens is 316 g/mol. The van der Waals surface area contributed by atoms with E-state index in [0.29, 0.717) is 30.3 Å². The van der Waals surface area contributed by atoms with Gasteiger partial charge in [0.2, 0.25) is 5.95 Å². The minimum Gasteiger partial charge on any atom is -0.392 e. The van der Waals surface area contributed by atoms with Gasteiger partial charge in [0.15, 0.2) is 0 Å². The summed E-state index contributed by atoms with van der Waals surface area (Å²) < 4.78 is 0. The first kappa shape index (κ1) is 17.1. The topological polar surface area (TPSA) is 107 Å². The molecular formula is C18H22N6O. The van der Waals surface area contributed by atoms with Crippen molar-refractivity contribution in [3.8, 4) is 6.07 Å². The predicted molar refractivity (Wildman–Crippen MR) is 95.0 cm³/mol. The highest BCUT2D eigenvalue weighted by Crippen LogP contribution is 2.42. The summed E-state index contributed by atoms with van der Waals surface area (Å²) in [4.78, 5) is 12.6. The number of pyridine rings is 1. The van der Waals surface area contributed by atoms with E-state index in [-0.39, 0.29) is 17.6 Å². The third-order valence-electron chi connectivity index (χ3n) is 4.88. The Morgan fingerprint density at radius 3 is 2.76 bits per heavy atom. The van der Waals surface area contributed by atoms with Crippen molar-refractivity contribution in [2.24, 2.45) is 5.41 Å². The van der Waals surface area contributed by atoms with Gasteiger partial charge in [0.1, 0.15) is 17.5 Å². The number of hydrogen-bond donors (Lipinski definition) is 3. The molecule has 1 aliphatic rings. The number of nitrogens with zero attached hydrogens (tertiary/aromatic N) is 4. The average molecular weight is 338 g/mol. The van der Waals surface area contributed by atoms with Crippen LogP contribution in [0, 0.1) is 16.7 Å². The van der Waals surface area contributed by atoms with Gasteiger partial charge in [-0.05, 0) is 30.5 Å². The Hall–Kier alpha value is -2.72. The molecule has 0 unspecified atom stereocenters. The van der Waals surface area contributed by atoms with Crippen LogP contribution in [0.25, 0.3) is 0 Å². The Morgan fingerprint density at radius 2 is 2.12 bits per heavy atom. The molecule has 2 aromatic heterocycles. The third-order valence-corrected chi connectivity index (χ3v) is 4.88.